The van der Waals surface area contributed by atoms with Crippen LogP contribution in [-0.2, 0) is 9.53 Å². The van der Waals surface area contributed by atoms with Crippen LogP contribution in [0.3, 0.4) is 0 Å². The zero-order chi connectivity index (χ0) is 19.4. The van der Waals surface area contributed by atoms with Crippen LogP contribution in [0.15, 0.2) is 47.4 Å². The number of non-ortho nitro benzene ring substituents is 1. The Morgan fingerprint density at radius 2 is 1.89 bits per heavy atom. The minimum atomic E-state index is -0.573. The van der Waals surface area contributed by atoms with Crippen molar-refractivity contribution >= 4 is 29.2 Å². The number of carbonyl (C=O) groups is 2. The monoisotopic (exact) mass is 389 g/mol. The van der Waals surface area contributed by atoms with E-state index in [0.717, 1.165) is 0 Å². The van der Waals surface area contributed by atoms with Gasteiger partial charge in [-0.3, -0.25) is 19.7 Å². The molecule has 1 aliphatic rings. The van der Waals surface area contributed by atoms with Crippen molar-refractivity contribution in [3.63, 3.8) is 0 Å². The number of ketones is 1. The molecule has 0 unspecified atom stereocenters. The number of nitro groups is 1. The Kier molecular flexibility index (Phi) is 5.60. The number of nitro benzene ring substituents is 1. The third-order valence-corrected chi connectivity index (χ3v) is 4.82. The summed E-state index contributed by atoms with van der Waals surface area (Å²) >= 11 is 1.19. The number of ether oxygens (including phenoxy) is 3. The summed E-state index contributed by atoms with van der Waals surface area (Å²) in [6.45, 7) is 1.36. The van der Waals surface area contributed by atoms with Crippen molar-refractivity contribution in [2.24, 2.45) is 0 Å². The predicted octanol–water partition coefficient (Wildman–Crippen LogP) is 3.23. The van der Waals surface area contributed by atoms with Gasteiger partial charge < -0.3 is 14.2 Å². The Hall–Kier alpha value is -3.07. The Morgan fingerprint density at radius 3 is 2.59 bits per heavy atom. The number of thioether (sulfide) groups is 1. The summed E-state index contributed by atoms with van der Waals surface area (Å²) in [5.41, 5.74) is 0.339. The lowest BCUT2D eigenvalue weighted by atomic mass is 10.1. The van der Waals surface area contributed by atoms with Crippen LogP contribution in [0, 0.1) is 10.1 Å². The van der Waals surface area contributed by atoms with E-state index in [2.05, 4.69) is 0 Å². The molecule has 9 heteroatoms. The highest BCUT2D eigenvalue weighted by Gasteiger charge is 2.20. The highest BCUT2D eigenvalue weighted by Crippen LogP contribution is 2.32. The number of Topliss-reactive ketones (excluding diaryl/α,β-unsaturated/α-hetero) is 1. The number of hydrogen-bond acceptors (Lipinski definition) is 8. The Labute approximate surface area is 158 Å². The van der Waals surface area contributed by atoms with E-state index in [9.17, 15) is 19.7 Å². The van der Waals surface area contributed by atoms with Crippen molar-refractivity contribution in [3.05, 3.63) is 58.1 Å². The van der Waals surface area contributed by atoms with E-state index in [1.54, 1.807) is 37.3 Å². The molecule has 0 aromatic heterocycles. The molecule has 1 heterocycles. The lowest BCUT2D eigenvalue weighted by molar-refractivity contribution is -0.384. The van der Waals surface area contributed by atoms with Gasteiger partial charge in [-0.2, -0.15) is 0 Å². The van der Waals surface area contributed by atoms with E-state index in [1.807, 2.05) is 0 Å². The third-order valence-electron chi connectivity index (χ3n) is 3.73. The van der Waals surface area contributed by atoms with Crippen LogP contribution in [0.5, 0.6) is 11.5 Å². The molecule has 2 aromatic carbocycles. The molecule has 27 heavy (non-hydrogen) atoms. The first-order valence-corrected chi connectivity index (χ1v) is 8.82. The molecule has 0 radical (unpaired) electrons. The molecule has 0 bridgehead atoms. The zero-order valence-corrected chi connectivity index (χ0v) is 15.1. The summed E-state index contributed by atoms with van der Waals surface area (Å²) in [6, 6.07) is 10.6. The Morgan fingerprint density at radius 1 is 1.19 bits per heavy atom. The van der Waals surface area contributed by atoms with Gasteiger partial charge in [-0.25, -0.2) is 0 Å². The fourth-order valence-corrected chi connectivity index (χ4v) is 3.17. The molecule has 0 N–H and O–H groups in total. The number of carbonyl (C=O) groups excluding carboxylic acids is 2. The van der Waals surface area contributed by atoms with Gasteiger partial charge in [0.2, 0.25) is 6.79 Å². The largest absolute Gasteiger partial charge is 0.456 e. The summed E-state index contributed by atoms with van der Waals surface area (Å²) in [7, 11) is 0. The Bertz CT molecular complexity index is 882. The summed E-state index contributed by atoms with van der Waals surface area (Å²) in [5, 5.41) is 10.1. The number of rotatable bonds is 7. The summed E-state index contributed by atoms with van der Waals surface area (Å²) < 4.78 is 15.5. The molecule has 0 amide bonds. The van der Waals surface area contributed by atoms with Crippen LogP contribution in [0.4, 0.5) is 5.69 Å². The topological polar surface area (TPSA) is 105 Å². The van der Waals surface area contributed by atoms with Gasteiger partial charge in [0.1, 0.15) is 5.25 Å². The molecule has 0 saturated heterocycles. The SMILES string of the molecule is C[C@@H](Sc1ccc([N+](=O)[O-])cc1)C(=O)OCC(=O)c1ccc2c(c1)OCO2. The fraction of sp³-hybridized carbons (Fsp3) is 0.222. The van der Waals surface area contributed by atoms with Crippen LogP contribution in [-0.4, -0.2) is 35.3 Å². The summed E-state index contributed by atoms with van der Waals surface area (Å²) in [4.78, 5) is 35.1. The number of esters is 1. The maximum atomic E-state index is 12.2. The molecule has 3 rings (SSSR count). The van der Waals surface area contributed by atoms with Crippen molar-refractivity contribution in [3.8, 4) is 11.5 Å². The molecule has 0 aliphatic carbocycles. The maximum absolute atomic E-state index is 12.2. The molecule has 1 atom stereocenters. The van der Waals surface area contributed by atoms with Crippen molar-refractivity contribution in [2.75, 3.05) is 13.4 Å². The third kappa shape index (κ3) is 4.56. The lowest BCUT2D eigenvalue weighted by Gasteiger charge is -2.11. The van der Waals surface area contributed by atoms with Gasteiger partial charge in [-0.1, -0.05) is 0 Å². The summed E-state index contributed by atoms with van der Waals surface area (Å²) in [6.07, 6.45) is 0. The van der Waals surface area contributed by atoms with Crippen molar-refractivity contribution in [1.29, 1.82) is 0 Å². The van der Waals surface area contributed by atoms with Crippen molar-refractivity contribution < 1.29 is 28.7 Å². The van der Waals surface area contributed by atoms with Crippen LogP contribution in [0.25, 0.3) is 0 Å². The standard InChI is InChI=1S/C18H15NO7S/c1-11(27-14-5-3-13(4-6-14)19(22)23)18(21)24-9-15(20)12-2-7-16-17(8-12)26-10-25-16/h2-8,11H,9-10H2,1H3/t11-/m1/s1. The second-order valence-electron chi connectivity index (χ2n) is 5.61. The second kappa shape index (κ2) is 8.09. The van der Waals surface area contributed by atoms with Gasteiger partial charge >= 0.3 is 5.97 Å². The van der Waals surface area contributed by atoms with Crippen LogP contribution >= 0.6 is 11.8 Å². The van der Waals surface area contributed by atoms with Gasteiger partial charge in [-0.05, 0) is 37.3 Å². The van der Waals surface area contributed by atoms with E-state index < -0.39 is 16.1 Å². The van der Waals surface area contributed by atoms with Crippen LogP contribution in [0.2, 0.25) is 0 Å². The van der Waals surface area contributed by atoms with Gasteiger partial charge in [0, 0.05) is 22.6 Å². The van der Waals surface area contributed by atoms with Gasteiger partial charge in [0.25, 0.3) is 5.69 Å². The minimum absolute atomic E-state index is 0.0242. The second-order valence-corrected chi connectivity index (χ2v) is 7.02. The molecule has 8 nitrogen and oxygen atoms in total. The zero-order valence-electron chi connectivity index (χ0n) is 14.2. The molecule has 0 spiro atoms. The van der Waals surface area contributed by atoms with Crippen LogP contribution in [0.1, 0.15) is 17.3 Å². The number of fused-ring (bicyclic) bond motifs is 1. The molecule has 140 valence electrons. The predicted molar refractivity (Wildman–Crippen MR) is 96.3 cm³/mol. The first-order valence-electron chi connectivity index (χ1n) is 7.94. The molecule has 1 aliphatic heterocycles. The van der Waals surface area contributed by atoms with Crippen LogP contribution < -0.4 is 9.47 Å². The van der Waals surface area contributed by atoms with Crippen molar-refractivity contribution in [1.82, 2.24) is 0 Å². The quantitative estimate of drug-likeness (QED) is 0.234. The van der Waals surface area contributed by atoms with Crippen molar-refractivity contribution in [2.45, 2.75) is 17.1 Å². The lowest BCUT2D eigenvalue weighted by Crippen LogP contribution is -2.21. The van der Waals surface area contributed by atoms with E-state index in [0.29, 0.717) is 22.0 Å². The first-order chi connectivity index (χ1) is 12.9. The highest BCUT2D eigenvalue weighted by molar-refractivity contribution is 8.00. The molecule has 0 fully saturated rings. The van der Waals surface area contributed by atoms with E-state index >= 15 is 0 Å². The average molecular weight is 389 g/mol. The van der Waals surface area contributed by atoms with Gasteiger partial charge in [0.15, 0.2) is 23.9 Å². The Balaban J connectivity index is 1.52. The maximum Gasteiger partial charge on any atom is 0.319 e. The normalized spacial score (nSPS) is 13.1. The van der Waals surface area contributed by atoms with E-state index in [1.165, 1.54) is 23.9 Å². The van der Waals surface area contributed by atoms with E-state index in [4.69, 9.17) is 14.2 Å². The first kappa shape index (κ1) is 18.7. The average Bonchev–Trinajstić information content (AvgIpc) is 3.13. The molecular weight excluding hydrogens is 374 g/mol. The molecule has 2 aromatic rings. The number of nitrogens with zero attached hydrogens (tertiary/aromatic N) is 1. The number of benzene rings is 2. The fourth-order valence-electron chi connectivity index (χ4n) is 2.31. The molecule has 0 saturated carbocycles. The minimum Gasteiger partial charge on any atom is -0.456 e. The highest BCUT2D eigenvalue weighted by atomic mass is 32.2. The summed E-state index contributed by atoms with van der Waals surface area (Å²) in [5.74, 6) is 0.146. The molecular formula is C18H15NO7S. The van der Waals surface area contributed by atoms with Gasteiger partial charge in [-0.15, -0.1) is 11.8 Å². The van der Waals surface area contributed by atoms with E-state index in [-0.39, 0.29) is 24.9 Å². The number of hydrogen-bond donors (Lipinski definition) is 0. The van der Waals surface area contributed by atoms with Gasteiger partial charge in [0.05, 0.1) is 4.92 Å². The smallest absolute Gasteiger partial charge is 0.319 e.